The molecule has 3 rings (SSSR count). The van der Waals surface area contributed by atoms with Crippen LogP contribution in [-0.2, 0) is 17.8 Å². The van der Waals surface area contributed by atoms with E-state index < -0.39 is 0 Å². The van der Waals surface area contributed by atoms with Crippen molar-refractivity contribution in [1.82, 2.24) is 19.8 Å². The van der Waals surface area contributed by atoms with Gasteiger partial charge < -0.3 is 9.80 Å². The Kier molecular flexibility index (Phi) is 5.76. The van der Waals surface area contributed by atoms with Crippen molar-refractivity contribution in [2.45, 2.75) is 38.8 Å². The Morgan fingerprint density at radius 3 is 2.84 bits per heavy atom. The number of carbonyl (C=O) groups excluding carboxylic acids is 1. The lowest BCUT2D eigenvalue weighted by Crippen LogP contribution is -2.29. The van der Waals surface area contributed by atoms with Crippen LogP contribution < -0.4 is 0 Å². The maximum absolute atomic E-state index is 11.8. The van der Waals surface area contributed by atoms with Crippen LogP contribution in [-0.4, -0.2) is 45.8 Å². The summed E-state index contributed by atoms with van der Waals surface area (Å²) in [6, 6.07) is 10.6. The van der Waals surface area contributed by atoms with E-state index in [-0.39, 0.29) is 11.9 Å². The Morgan fingerprint density at radius 2 is 2.08 bits per heavy atom. The van der Waals surface area contributed by atoms with Gasteiger partial charge in [0.05, 0.1) is 23.6 Å². The molecule has 1 aliphatic heterocycles. The highest BCUT2D eigenvalue weighted by atomic mass is 16.2. The molecule has 132 valence electrons. The highest BCUT2D eigenvalue weighted by molar-refractivity contribution is 5.74. The number of amides is 1. The molecule has 0 saturated carbocycles. The van der Waals surface area contributed by atoms with Crippen molar-refractivity contribution in [1.29, 1.82) is 0 Å². The fourth-order valence-electron chi connectivity index (χ4n) is 3.43. The van der Waals surface area contributed by atoms with Gasteiger partial charge in [0.15, 0.2) is 0 Å². The molecule has 0 aliphatic carbocycles. The Morgan fingerprint density at radius 1 is 1.28 bits per heavy atom. The van der Waals surface area contributed by atoms with Gasteiger partial charge in [-0.1, -0.05) is 30.3 Å². The summed E-state index contributed by atoms with van der Waals surface area (Å²) < 4.78 is 0. The number of carbonyl (C=O) groups is 1. The minimum absolute atomic E-state index is 0.0829. The largest absolute Gasteiger partial charge is 0.334 e. The Bertz CT molecular complexity index is 704. The lowest BCUT2D eigenvalue weighted by molar-refractivity contribution is -0.129. The Hall–Kier alpha value is -2.27. The summed E-state index contributed by atoms with van der Waals surface area (Å²) in [7, 11) is 2.11. The van der Waals surface area contributed by atoms with Crippen molar-refractivity contribution in [3.63, 3.8) is 0 Å². The Labute approximate surface area is 149 Å². The van der Waals surface area contributed by atoms with Gasteiger partial charge in [-0.3, -0.25) is 14.8 Å². The molecule has 1 amide bonds. The van der Waals surface area contributed by atoms with Crippen LogP contribution in [0.25, 0.3) is 0 Å². The average molecular weight is 338 g/mol. The smallest absolute Gasteiger partial charge is 0.220 e. The van der Waals surface area contributed by atoms with Crippen LogP contribution >= 0.6 is 0 Å². The van der Waals surface area contributed by atoms with Crippen molar-refractivity contribution in [3.05, 3.63) is 59.7 Å². The van der Waals surface area contributed by atoms with Gasteiger partial charge in [-0.25, -0.2) is 0 Å². The van der Waals surface area contributed by atoms with Gasteiger partial charge in [0.25, 0.3) is 0 Å². The maximum Gasteiger partial charge on any atom is 0.220 e. The van der Waals surface area contributed by atoms with Gasteiger partial charge in [0.2, 0.25) is 5.91 Å². The number of likely N-dealkylation sites (tertiary alicyclic amines) is 1. The zero-order chi connectivity index (χ0) is 17.6. The summed E-state index contributed by atoms with van der Waals surface area (Å²) in [5, 5.41) is 0. The van der Waals surface area contributed by atoms with E-state index in [2.05, 4.69) is 41.2 Å². The van der Waals surface area contributed by atoms with Crippen LogP contribution in [0, 0.1) is 0 Å². The molecule has 2 aromatic rings. The first-order valence-electron chi connectivity index (χ1n) is 8.94. The van der Waals surface area contributed by atoms with E-state index in [0.29, 0.717) is 0 Å². The van der Waals surface area contributed by atoms with Gasteiger partial charge in [0, 0.05) is 32.8 Å². The van der Waals surface area contributed by atoms with Crippen molar-refractivity contribution in [2.24, 2.45) is 0 Å². The van der Waals surface area contributed by atoms with E-state index in [1.165, 1.54) is 5.56 Å². The second kappa shape index (κ2) is 8.21. The van der Waals surface area contributed by atoms with E-state index in [4.69, 9.17) is 4.98 Å². The molecule has 1 atom stereocenters. The van der Waals surface area contributed by atoms with Crippen LogP contribution in [0.15, 0.2) is 42.7 Å². The summed E-state index contributed by atoms with van der Waals surface area (Å²) in [6.45, 7) is 4.19. The monoisotopic (exact) mass is 338 g/mol. The number of benzene rings is 1. The molecule has 0 N–H and O–H groups in total. The molecular weight excluding hydrogens is 312 g/mol. The summed E-state index contributed by atoms with van der Waals surface area (Å²) in [4.78, 5) is 25.1. The molecule has 5 nitrogen and oxygen atoms in total. The molecule has 0 radical (unpaired) electrons. The van der Waals surface area contributed by atoms with E-state index in [9.17, 15) is 4.79 Å². The minimum atomic E-state index is 0.0829. The predicted molar refractivity (Wildman–Crippen MR) is 97.9 cm³/mol. The maximum atomic E-state index is 11.8. The molecule has 1 fully saturated rings. The lowest BCUT2D eigenvalue weighted by Gasteiger charge is -2.23. The normalized spacial score (nSPS) is 17.2. The molecule has 1 aromatic heterocycles. The van der Waals surface area contributed by atoms with E-state index >= 15 is 0 Å². The molecule has 1 saturated heterocycles. The first-order chi connectivity index (χ1) is 12.1. The fourth-order valence-corrected chi connectivity index (χ4v) is 3.43. The summed E-state index contributed by atoms with van der Waals surface area (Å²) in [6.07, 6.45) is 6.66. The molecular formula is C20H26N4O. The van der Waals surface area contributed by atoms with Crippen molar-refractivity contribution < 1.29 is 4.79 Å². The zero-order valence-corrected chi connectivity index (χ0v) is 15.1. The Balaban J connectivity index is 1.60. The SMILES string of the molecule is CC(=O)N1CCC[C@@H]1c1cncc(CN(C)CCc2ccccc2)n1. The quantitative estimate of drug-likeness (QED) is 0.813. The first kappa shape index (κ1) is 17.5. The van der Waals surface area contributed by atoms with Crippen LogP contribution in [0.3, 0.4) is 0 Å². The molecule has 1 aliphatic rings. The number of hydrogen-bond donors (Lipinski definition) is 0. The van der Waals surface area contributed by atoms with Gasteiger partial charge in [-0.2, -0.15) is 0 Å². The van der Waals surface area contributed by atoms with E-state index in [1.807, 2.05) is 17.2 Å². The van der Waals surface area contributed by atoms with Gasteiger partial charge in [-0.05, 0) is 31.9 Å². The molecule has 1 aromatic carbocycles. The van der Waals surface area contributed by atoms with Gasteiger partial charge in [0.1, 0.15) is 0 Å². The van der Waals surface area contributed by atoms with Crippen LogP contribution in [0.4, 0.5) is 0 Å². The highest BCUT2D eigenvalue weighted by Crippen LogP contribution is 2.30. The number of aromatic nitrogens is 2. The molecule has 0 bridgehead atoms. The topological polar surface area (TPSA) is 49.3 Å². The lowest BCUT2D eigenvalue weighted by atomic mass is 10.1. The molecule has 25 heavy (non-hydrogen) atoms. The van der Waals surface area contributed by atoms with Crippen LogP contribution in [0.5, 0.6) is 0 Å². The molecule has 2 heterocycles. The van der Waals surface area contributed by atoms with Crippen LogP contribution in [0.1, 0.15) is 42.8 Å². The fraction of sp³-hybridized carbons (Fsp3) is 0.450. The third-order valence-electron chi connectivity index (χ3n) is 4.76. The number of hydrogen-bond acceptors (Lipinski definition) is 4. The van der Waals surface area contributed by atoms with Crippen molar-refractivity contribution >= 4 is 5.91 Å². The van der Waals surface area contributed by atoms with E-state index in [0.717, 1.165) is 50.3 Å². The van der Waals surface area contributed by atoms with Crippen molar-refractivity contribution in [2.75, 3.05) is 20.1 Å². The van der Waals surface area contributed by atoms with Crippen LogP contribution in [0.2, 0.25) is 0 Å². The second-order valence-electron chi connectivity index (χ2n) is 6.78. The summed E-state index contributed by atoms with van der Waals surface area (Å²) >= 11 is 0. The number of likely N-dealkylation sites (N-methyl/N-ethyl adjacent to an activating group) is 1. The standard InChI is InChI=1S/C20H26N4O/c1-16(25)24-11-6-9-20(24)19-14-21-13-18(22-19)15-23(2)12-10-17-7-4-3-5-8-17/h3-5,7-8,13-14,20H,6,9-12,15H2,1-2H3/t20-/m1/s1. The van der Waals surface area contributed by atoms with E-state index in [1.54, 1.807) is 13.1 Å². The number of rotatable bonds is 6. The highest BCUT2D eigenvalue weighted by Gasteiger charge is 2.29. The third-order valence-corrected chi connectivity index (χ3v) is 4.76. The van der Waals surface area contributed by atoms with Crippen molar-refractivity contribution in [3.8, 4) is 0 Å². The predicted octanol–water partition coefficient (Wildman–Crippen LogP) is 2.83. The zero-order valence-electron chi connectivity index (χ0n) is 15.1. The van der Waals surface area contributed by atoms with Gasteiger partial charge >= 0.3 is 0 Å². The average Bonchev–Trinajstić information content (AvgIpc) is 3.11. The summed E-state index contributed by atoms with van der Waals surface area (Å²) in [5.41, 5.74) is 3.22. The molecule has 0 spiro atoms. The second-order valence-corrected chi connectivity index (χ2v) is 6.78. The first-order valence-corrected chi connectivity index (χ1v) is 8.94. The number of nitrogens with zero attached hydrogens (tertiary/aromatic N) is 4. The summed E-state index contributed by atoms with van der Waals surface area (Å²) in [5.74, 6) is 0.120. The third kappa shape index (κ3) is 4.63. The molecule has 0 unspecified atom stereocenters. The molecule has 5 heteroatoms. The minimum Gasteiger partial charge on any atom is -0.334 e. The van der Waals surface area contributed by atoms with Gasteiger partial charge in [-0.15, -0.1) is 0 Å².